The zero-order valence-corrected chi connectivity index (χ0v) is 8.30. The molecule has 0 aliphatic carbocycles. The molecule has 0 bridgehead atoms. The summed E-state index contributed by atoms with van der Waals surface area (Å²) in [5.74, 6) is 0.285. The molecule has 0 aromatic rings. The Balaban J connectivity index is 3.12. The Bertz CT molecular complexity index is 141. The highest BCUT2D eigenvalue weighted by atomic mass is 16.3. The fraction of sp³-hybridized carbons (Fsp3) is 0.727. The maximum Gasteiger partial charge on any atom is 0.132 e. The highest BCUT2D eigenvalue weighted by Gasteiger charge is 2.00. The second-order valence-electron chi connectivity index (χ2n) is 3.25. The van der Waals surface area contributed by atoms with E-state index < -0.39 is 0 Å². The van der Waals surface area contributed by atoms with E-state index in [1.54, 1.807) is 0 Å². The van der Waals surface area contributed by atoms with Crippen LogP contribution in [0, 0.1) is 0 Å². The van der Waals surface area contributed by atoms with Gasteiger partial charge in [0, 0.05) is 19.4 Å². The molecule has 76 valence electrons. The van der Waals surface area contributed by atoms with E-state index in [0.29, 0.717) is 19.3 Å². The number of rotatable bonds is 9. The van der Waals surface area contributed by atoms with Gasteiger partial charge in [-0.05, 0) is 25.7 Å². The third-order valence-electron chi connectivity index (χ3n) is 1.98. The third kappa shape index (κ3) is 9.28. The summed E-state index contributed by atoms with van der Waals surface area (Å²) in [7, 11) is 0. The molecular weight excluding hydrogens is 164 g/mol. The van der Waals surface area contributed by atoms with Crippen molar-refractivity contribution in [3.8, 4) is 0 Å². The smallest absolute Gasteiger partial charge is 0.132 e. The van der Waals surface area contributed by atoms with Gasteiger partial charge in [-0.15, -0.1) is 6.58 Å². The second-order valence-corrected chi connectivity index (χ2v) is 3.25. The van der Waals surface area contributed by atoms with E-state index in [-0.39, 0.29) is 12.4 Å². The van der Waals surface area contributed by atoms with Crippen LogP contribution >= 0.6 is 0 Å². The van der Waals surface area contributed by atoms with Crippen molar-refractivity contribution >= 4 is 5.78 Å². The number of hydrogen-bond donors (Lipinski definition) is 1. The van der Waals surface area contributed by atoms with Crippen LogP contribution in [-0.2, 0) is 4.79 Å². The molecule has 1 N–H and O–H groups in total. The van der Waals surface area contributed by atoms with Gasteiger partial charge in [-0.2, -0.15) is 0 Å². The normalized spacial score (nSPS) is 9.92. The molecule has 0 amide bonds. The summed E-state index contributed by atoms with van der Waals surface area (Å²) in [5, 5.41) is 8.49. The Hall–Kier alpha value is -0.630. The van der Waals surface area contributed by atoms with Crippen LogP contribution < -0.4 is 0 Å². The van der Waals surface area contributed by atoms with Gasteiger partial charge in [0.05, 0.1) is 0 Å². The lowest BCUT2D eigenvalue weighted by Gasteiger charge is -1.99. The minimum Gasteiger partial charge on any atom is -0.396 e. The van der Waals surface area contributed by atoms with Gasteiger partial charge in [0.15, 0.2) is 0 Å². The maximum absolute atomic E-state index is 11.1. The Morgan fingerprint density at radius 3 is 2.46 bits per heavy atom. The van der Waals surface area contributed by atoms with Gasteiger partial charge in [0.1, 0.15) is 5.78 Å². The lowest BCUT2D eigenvalue weighted by molar-refractivity contribution is -0.119. The van der Waals surface area contributed by atoms with Crippen LogP contribution in [0.5, 0.6) is 0 Å². The molecule has 0 atom stereocenters. The predicted molar refractivity (Wildman–Crippen MR) is 54.6 cm³/mol. The lowest BCUT2D eigenvalue weighted by atomic mass is 10.1. The highest BCUT2D eigenvalue weighted by molar-refractivity contribution is 5.78. The first kappa shape index (κ1) is 12.4. The molecule has 0 aliphatic rings. The first-order chi connectivity index (χ1) is 6.31. The van der Waals surface area contributed by atoms with E-state index in [1.807, 2.05) is 6.08 Å². The molecule has 0 heterocycles. The fourth-order valence-electron chi connectivity index (χ4n) is 1.19. The summed E-state index contributed by atoms with van der Waals surface area (Å²) < 4.78 is 0. The van der Waals surface area contributed by atoms with Crippen LogP contribution in [0.15, 0.2) is 12.7 Å². The van der Waals surface area contributed by atoms with Gasteiger partial charge in [0.2, 0.25) is 0 Å². The van der Waals surface area contributed by atoms with Crippen molar-refractivity contribution in [2.45, 2.75) is 44.9 Å². The Morgan fingerprint density at radius 1 is 1.15 bits per heavy atom. The quantitative estimate of drug-likeness (QED) is 0.441. The van der Waals surface area contributed by atoms with E-state index >= 15 is 0 Å². The summed E-state index contributed by atoms with van der Waals surface area (Å²) in [6.45, 7) is 3.77. The van der Waals surface area contributed by atoms with E-state index in [4.69, 9.17) is 5.11 Å². The van der Waals surface area contributed by atoms with Crippen molar-refractivity contribution < 1.29 is 9.90 Å². The minimum atomic E-state index is 0.127. The van der Waals surface area contributed by atoms with Crippen molar-refractivity contribution in [2.24, 2.45) is 0 Å². The van der Waals surface area contributed by atoms with E-state index in [0.717, 1.165) is 25.7 Å². The summed E-state index contributed by atoms with van der Waals surface area (Å²) >= 11 is 0. The highest BCUT2D eigenvalue weighted by Crippen LogP contribution is 2.05. The van der Waals surface area contributed by atoms with Crippen molar-refractivity contribution in [2.75, 3.05) is 6.61 Å². The van der Waals surface area contributed by atoms with Gasteiger partial charge in [-0.25, -0.2) is 0 Å². The topological polar surface area (TPSA) is 37.3 Å². The maximum atomic E-state index is 11.1. The van der Waals surface area contributed by atoms with Gasteiger partial charge in [-0.1, -0.05) is 12.5 Å². The van der Waals surface area contributed by atoms with Crippen molar-refractivity contribution in [1.29, 1.82) is 0 Å². The third-order valence-corrected chi connectivity index (χ3v) is 1.98. The summed E-state index contributed by atoms with van der Waals surface area (Å²) in [6, 6.07) is 0. The Kier molecular flexibility index (Phi) is 9.00. The molecule has 0 fully saturated rings. The monoisotopic (exact) mass is 184 g/mol. The average molecular weight is 184 g/mol. The number of carbonyl (C=O) groups is 1. The van der Waals surface area contributed by atoms with Crippen LogP contribution in [0.2, 0.25) is 0 Å². The van der Waals surface area contributed by atoms with Gasteiger partial charge >= 0.3 is 0 Å². The van der Waals surface area contributed by atoms with Crippen LogP contribution in [0.4, 0.5) is 0 Å². The Labute approximate surface area is 80.7 Å². The summed E-state index contributed by atoms with van der Waals surface area (Å²) in [6.07, 6.45) is 8.02. The molecule has 0 unspecified atom stereocenters. The molecule has 0 saturated carbocycles. The molecule has 13 heavy (non-hydrogen) atoms. The van der Waals surface area contributed by atoms with E-state index in [9.17, 15) is 4.79 Å². The van der Waals surface area contributed by atoms with Crippen LogP contribution in [0.3, 0.4) is 0 Å². The molecule has 0 aromatic heterocycles. The van der Waals surface area contributed by atoms with E-state index in [2.05, 4.69) is 6.58 Å². The van der Waals surface area contributed by atoms with Gasteiger partial charge in [0.25, 0.3) is 0 Å². The first-order valence-corrected chi connectivity index (χ1v) is 5.04. The van der Waals surface area contributed by atoms with Gasteiger partial charge in [-0.3, -0.25) is 4.79 Å². The van der Waals surface area contributed by atoms with Crippen LogP contribution in [0.1, 0.15) is 44.9 Å². The molecule has 0 spiro atoms. The minimum absolute atomic E-state index is 0.127. The molecule has 0 saturated heterocycles. The van der Waals surface area contributed by atoms with Gasteiger partial charge < -0.3 is 5.11 Å². The number of hydrogen-bond acceptors (Lipinski definition) is 2. The van der Waals surface area contributed by atoms with Crippen molar-refractivity contribution in [1.82, 2.24) is 0 Å². The number of aliphatic hydroxyl groups excluding tert-OH is 1. The first-order valence-electron chi connectivity index (χ1n) is 5.04. The number of carbonyl (C=O) groups excluding carboxylic acids is 1. The molecular formula is C11H20O2. The fourth-order valence-corrected chi connectivity index (χ4v) is 1.19. The molecule has 2 nitrogen and oxygen atoms in total. The zero-order chi connectivity index (χ0) is 9.94. The number of allylic oxidation sites excluding steroid dienone is 1. The molecule has 0 aromatic carbocycles. The molecule has 0 rings (SSSR count). The largest absolute Gasteiger partial charge is 0.396 e. The van der Waals surface area contributed by atoms with Crippen molar-refractivity contribution in [3.05, 3.63) is 12.7 Å². The molecule has 2 heteroatoms. The van der Waals surface area contributed by atoms with Crippen LogP contribution in [0.25, 0.3) is 0 Å². The zero-order valence-electron chi connectivity index (χ0n) is 8.30. The number of Topliss-reactive ketones (excluding diaryl/α,β-unsaturated/α-hetero) is 1. The lowest BCUT2D eigenvalue weighted by Crippen LogP contribution is -1.98. The number of unbranched alkanes of at least 4 members (excludes halogenated alkanes) is 3. The second kappa shape index (κ2) is 9.46. The Morgan fingerprint density at radius 2 is 1.85 bits per heavy atom. The summed E-state index contributed by atoms with van der Waals surface area (Å²) in [4.78, 5) is 11.1. The van der Waals surface area contributed by atoms with E-state index in [1.165, 1.54) is 0 Å². The standard InChI is InChI=1S/C11H20O2/c1-2-3-4-5-6-8-11(13)9-7-10-12/h2,12H,1,3-10H2. The number of aliphatic hydroxyl groups is 1. The SMILES string of the molecule is C=CCCCCCC(=O)CCCO. The van der Waals surface area contributed by atoms with Crippen molar-refractivity contribution in [3.63, 3.8) is 0 Å². The molecule has 0 radical (unpaired) electrons. The number of ketones is 1. The summed E-state index contributed by atoms with van der Waals surface area (Å²) in [5.41, 5.74) is 0. The predicted octanol–water partition coefficient (Wildman–Crippen LogP) is 2.46. The average Bonchev–Trinajstić information content (AvgIpc) is 2.14. The van der Waals surface area contributed by atoms with Crippen LogP contribution in [-0.4, -0.2) is 17.5 Å². The molecule has 0 aliphatic heterocycles.